The molecule has 0 heterocycles. The second-order valence-electron chi connectivity index (χ2n) is 5.03. The van der Waals surface area contributed by atoms with E-state index in [1.54, 1.807) is 24.3 Å². The molecule has 0 fully saturated rings. The second-order valence-corrected chi connectivity index (χ2v) is 5.03. The first-order chi connectivity index (χ1) is 12.5. The number of carboxylic acid groups (broad SMARTS) is 1. The first kappa shape index (κ1) is 18.8. The van der Waals surface area contributed by atoms with Crippen LogP contribution in [0.1, 0.15) is 5.56 Å². The van der Waals surface area contributed by atoms with Gasteiger partial charge in [-0.3, -0.25) is 0 Å². The van der Waals surface area contributed by atoms with Gasteiger partial charge < -0.3 is 19.3 Å². The zero-order valence-corrected chi connectivity index (χ0v) is 13.9. The highest BCUT2D eigenvalue weighted by Gasteiger charge is 2.10. The molecule has 0 amide bonds. The molecule has 2 aromatic carbocycles. The molecular weight excluding hydrogens is 341 g/mol. The fourth-order valence-corrected chi connectivity index (χ4v) is 2.03. The number of methoxy groups -OCH3 is 1. The van der Waals surface area contributed by atoms with Crippen LogP contribution in [0.4, 0.5) is 4.39 Å². The van der Waals surface area contributed by atoms with Gasteiger partial charge >= 0.3 is 5.97 Å². The molecule has 0 saturated carbocycles. The maximum atomic E-state index is 12.8. The van der Waals surface area contributed by atoms with Gasteiger partial charge in [0.25, 0.3) is 0 Å². The minimum absolute atomic E-state index is 0.153. The van der Waals surface area contributed by atoms with Crippen LogP contribution in [0, 0.1) is 17.1 Å². The molecule has 0 aliphatic carbocycles. The number of nitrogens with zero attached hydrogens (tertiary/aromatic N) is 1. The lowest BCUT2D eigenvalue weighted by molar-refractivity contribution is -0.132. The Morgan fingerprint density at radius 2 is 1.81 bits per heavy atom. The molecule has 1 N–H and O–H groups in total. The molecular formula is C19H16FNO5. The molecule has 0 aliphatic rings. The fraction of sp³-hybridized carbons (Fsp3) is 0.158. The van der Waals surface area contributed by atoms with Crippen LogP contribution < -0.4 is 14.2 Å². The van der Waals surface area contributed by atoms with E-state index in [0.29, 0.717) is 22.8 Å². The third kappa shape index (κ3) is 5.24. The van der Waals surface area contributed by atoms with Crippen molar-refractivity contribution in [2.24, 2.45) is 0 Å². The molecule has 0 spiro atoms. The first-order valence-corrected chi connectivity index (χ1v) is 7.58. The van der Waals surface area contributed by atoms with E-state index in [2.05, 4.69) is 0 Å². The Bertz CT molecular complexity index is 840. The van der Waals surface area contributed by atoms with Crippen molar-refractivity contribution in [1.82, 2.24) is 0 Å². The molecule has 6 nitrogen and oxygen atoms in total. The van der Waals surface area contributed by atoms with Crippen LogP contribution in [0.5, 0.6) is 17.2 Å². The number of benzene rings is 2. The predicted molar refractivity (Wildman–Crippen MR) is 91.6 cm³/mol. The number of nitriles is 1. The highest BCUT2D eigenvalue weighted by atomic mass is 19.1. The average Bonchev–Trinajstić information content (AvgIpc) is 2.65. The summed E-state index contributed by atoms with van der Waals surface area (Å²) in [5.74, 6) is -0.313. The quantitative estimate of drug-likeness (QED) is 0.443. The summed E-state index contributed by atoms with van der Waals surface area (Å²) in [4.78, 5) is 11.0. The third-order valence-corrected chi connectivity index (χ3v) is 3.29. The van der Waals surface area contributed by atoms with Crippen molar-refractivity contribution in [2.45, 2.75) is 0 Å². The zero-order chi connectivity index (χ0) is 18.9. The molecule has 0 saturated heterocycles. The number of carbonyl (C=O) groups is 1. The molecule has 0 bridgehead atoms. The summed E-state index contributed by atoms with van der Waals surface area (Å²) in [6.07, 6.45) is 1.22. The Hall–Kier alpha value is -3.53. The topological polar surface area (TPSA) is 88.8 Å². The second kappa shape index (κ2) is 9.08. The number of aliphatic carboxylic acids is 1. The number of carboxylic acids is 1. The monoisotopic (exact) mass is 357 g/mol. The van der Waals surface area contributed by atoms with E-state index in [0.717, 1.165) is 0 Å². The Balaban J connectivity index is 2.07. The smallest absolute Gasteiger partial charge is 0.346 e. The Labute approximate surface area is 149 Å². The molecule has 7 heteroatoms. The summed E-state index contributed by atoms with van der Waals surface area (Å²) < 4.78 is 29.0. The molecule has 0 radical (unpaired) electrons. The molecule has 0 atom stereocenters. The number of rotatable bonds is 8. The average molecular weight is 357 g/mol. The van der Waals surface area contributed by atoms with Gasteiger partial charge in [-0.15, -0.1) is 0 Å². The summed E-state index contributed by atoms with van der Waals surface area (Å²) in [7, 11) is 1.49. The van der Waals surface area contributed by atoms with Crippen LogP contribution in [-0.4, -0.2) is 31.4 Å². The van der Waals surface area contributed by atoms with E-state index < -0.39 is 11.5 Å². The highest BCUT2D eigenvalue weighted by Crippen LogP contribution is 2.27. The van der Waals surface area contributed by atoms with Gasteiger partial charge in [0, 0.05) is 11.6 Å². The zero-order valence-electron chi connectivity index (χ0n) is 13.9. The Morgan fingerprint density at radius 3 is 2.42 bits per heavy atom. The van der Waals surface area contributed by atoms with Crippen molar-refractivity contribution in [1.29, 1.82) is 5.26 Å². The van der Waals surface area contributed by atoms with Crippen molar-refractivity contribution >= 4 is 12.0 Å². The molecule has 2 rings (SSSR count). The molecule has 134 valence electrons. The third-order valence-electron chi connectivity index (χ3n) is 3.29. The minimum atomic E-state index is -1.33. The summed E-state index contributed by atoms with van der Waals surface area (Å²) in [6.45, 7) is 0.344. The lowest BCUT2D eigenvalue weighted by Gasteiger charge is -2.12. The number of hydrogen-bond donors (Lipinski definition) is 1. The van der Waals surface area contributed by atoms with Crippen LogP contribution in [0.25, 0.3) is 6.08 Å². The molecule has 2 aromatic rings. The number of halogens is 1. The van der Waals surface area contributed by atoms with Gasteiger partial charge in [0.15, 0.2) is 0 Å². The van der Waals surface area contributed by atoms with E-state index in [1.807, 2.05) is 0 Å². The first-order valence-electron chi connectivity index (χ1n) is 7.58. The van der Waals surface area contributed by atoms with Gasteiger partial charge in [0.2, 0.25) is 0 Å². The van der Waals surface area contributed by atoms with Crippen LogP contribution in [0.2, 0.25) is 0 Å². The number of hydrogen-bond acceptors (Lipinski definition) is 5. The maximum absolute atomic E-state index is 12.8. The van der Waals surface area contributed by atoms with Gasteiger partial charge in [-0.2, -0.15) is 5.26 Å². The van der Waals surface area contributed by atoms with Crippen LogP contribution in [0.15, 0.2) is 48.0 Å². The lowest BCUT2D eigenvalue weighted by atomic mass is 10.1. The van der Waals surface area contributed by atoms with E-state index in [4.69, 9.17) is 24.6 Å². The van der Waals surface area contributed by atoms with Crippen molar-refractivity contribution in [2.75, 3.05) is 20.3 Å². The van der Waals surface area contributed by atoms with Crippen LogP contribution >= 0.6 is 0 Å². The van der Waals surface area contributed by atoms with Gasteiger partial charge in [-0.25, -0.2) is 9.18 Å². The summed E-state index contributed by atoms with van der Waals surface area (Å²) in [5, 5.41) is 17.9. The molecule has 0 unspecified atom stereocenters. The van der Waals surface area contributed by atoms with Crippen molar-refractivity contribution in [3.8, 4) is 23.3 Å². The minimum Gasteiger partial charge on any atom is -0.497 e. The maximum Gasteiger partial charge on any atom is 0.346 e. The van der Waals surface area contributed by atoms with Crippen LogP contribution in [0.3, 0.4) is 0 Å². The summed E-state index contributed by atoms with van der Waals surface area (Å²) in [5.41, 5.74) is 0.00844. The van der Waals surface area contributed by atoms with E-state index in [-0.39, 0.29) is 19.0 Å². The lowest BCUT2D eigenvalue weighted by Crippen LogP contribution is -2.10. The van der Waals surface area contributed by atoms with Gasteiger partial charge in [-0.1, -0.05) is 0 Å². The van der Waals surface area contributed by atoms with E-state index in [1.165, 1.54) is 37.5 Å². The number of ether oxygens (including phenoxy) is 3. The summed E-state index contributed by atoms with van der Waals surface area (Å²) in [6, 6.07) is 12.0. The van der Waals surface area contributed by atoms with Crippen molar-refractivity contribution < 1.29 is 28.5 Å². The largest absolute Gasteiger partial charge is 0.497 e. The molecule has 0 aliphatic heterocycles. The standard InChI is InChI=1S/C19H16FNO5/c1-24-17-5-2-13(10-14(12-21)19(22)23)18(11-17)26-9-8-25-16-6-3-15(20)4-7-16/h2-7,10-11H,8-9H2,1H3,(H,22,23). The Kier molecular flexibility index (Phi) is 6.57. The van der Waals surface area contributed by atoms with Gasteiger partial charge in [-0.05, 0) is 42.5 Å². The van der Waals surface area contributed by atoms with Gasteiger partial charge in [0.1, 0.15) is 47.9 Å². The SMILES string of the molecule is COc1ccc(C=C(C#N)C(=O)O)c(OCCOc2ccc(F)cc2)c1. The van der Waals surface area contributed by atoms with Gasteiger partial charge in [0.05, 0.1) is 7.11 Å². The van der Waals surface area contributed by atoms with Crippen LogP contribution in [-0.2, 0) is 4.79 Å². The predicted octanol–water partition coefficient (Wildman–Crippen LogP) is 3.28. The van der Waals surface area contributed by atoms with E-state index >= 15 is 0 Å². The molecule has 0 aromatic heterocycles. The van der Waals surface area contributed by atoms with E-state index in [9.17, 15) is 9.18 Å². The fourth-order valence-electron chi connectivity index (χ4n) is 2.03. The normalized spacial score (nSPS) is 10.7. The van der Waals surface area contributed by atoms with Crippen molar-refractivity contribution in [3.63, 3.8) is 0 Å². The Morgan fingerprint density at radius 1 is 1.15 bits per heavy atom. The molecule has 26 heavy (non-hydrogen) atoms. The van der Waals surface area contributed by atoms with Crippen molar-refractivity contribution in [3.05, 3.63) is 59.4 Å². The summed E-state index contributed by atoms with van der Waals surface area (Å²) >= 11 is 0. The highest BCUT2D eigenvalue weighted by molar-refractivity contribution is 5.96.